The molecule has 1 aromatic carbocycles. The van der Waals surface area contributed by atoms with Gasteiger partial charge in [0, 0.05) is 17.1 Å². The highest BCUT2D eigenvalue weighted by Crippen LogP contribution is 2.34. The zero-order valence-electron chi connectivity index (χ0n) is 15.4. The van der Waals surface area contributed by atoms with Gasteiger partial charge in [0.1, 0.15) is 11.6 Å². The molecule has 0 unspecified atom stereocenters. The van der Waals surface area contributed by atoms with Gasteiger partial charge in [-0.3, -0.25) is 9.52 Å². The summed E-state index contributed by atoms with van der Waals surface area (Å²) in [7, 11) is -3.56. The molecule has 0 fully saturated rings. The Morgan fingerprint density at radius 3 is 2.48 bits per heavy atom. The lowest BCUT2D eigenvalue weighted by Gasteiger charge is -2.15. The highest BCUT2D eigenvalue weighted by molar-refractivity contribution is 7.92. The van der Waals surface area contributed by atoms with Crippen LogP contribution in [0.2, 0.25) is 0 Å². The first-order chi connectivity index (χ1) is 12.6. The smallest absolute Gasteiger partial charge is 0.253 e. The molecule has 0 radical (unpaired) electrons. The van der Waals surface area contributed by atoms with E-state index in [2.05, 4.69) is 14.7 Å². The minimum Gasteiger partial charge on any atom is -0.328 e. The predicted molar refractivity (Wildman–Crippen MR) is 105 cm³/mol. The van der Waals surface area contributed by atoms with Gasteiger partial charge in [-0.25, -0.2) is 17.8 Å². The number of sulfonamides is 1. The number of halogens is 1. The summed E-state index contributed by atoms with van der Waals surface area (Å²) in [5.74, 6) is -0.378. The Labute approximate surface area is 156 Å². The van der Waals surface area contributed by atoms with Gasteiger partial charge in [0.15, 0.2) is 0 Å². The van der Waals surface area contributed by atoms with Crippen molar-refractivity contribution in [2.75, 3.05) is 11.0 Å². The number of H-pyrrole nitrogens is 1. The summed E-state index contributed by atoms with van der Waals surface area (Å²) in [5.41, 5.74) is 2.67. The number of hydrogen-bond acceptors (Lipinski definition) is 4. The van der Waals surface area contributed by atoms with Gasteiger partial charge in [-0.05, 0) is 47.7 Å². The number of aryl methyl sites for hydroxylation is 1. The van der Waals surface area contributed by atoms with Gasteiger partial charge in [0.2, 0.25) is 10.0 Å². The summed E-state index contributed by atoms with van der Waals surface area (Å²) < 4.78 is 39.4. The molecule has 0 bridgehead atoms. The van der Waals surface area contributed by atoms with Gasteiger partial charge in [-0.15, -0.1) is 0 Å². The Bertz CT molecular complexity index is 1200. The van der Waals surface area contributed by atoms with Crippen molar-refractivity contribution in [1.29, 1.82) is 0 Å². The van der Waals surface area contributed by atoms with E-state index in [0.29, 0.717) is 27.6 Å². The normalized spacial score (nSPS) is 11.9. The molecule has 2 heterocycles. The quantitative estimate of drug-likeness (QED) is 0.714. The van der Waals surface area contributed by atoms with Crippen LogP contribution < -0.4 is 10.3 Å². The van der Waals surface area contributed by atoms with E-state index in [9.17, 15) is 17.6 Å². The van der Waals surface area contributed by atoms with Gasteiger partial charge in [-0.1, -0.05) is 19.9 Å². The highest BCUT2D eigenvalue weighted by Gasteiger charge is 2.18. The van der Waals surface area contributed by atoms with E-state index in [4.69, 9.17) is 0 Å². The number of aromatic amines is 1. The first kappa shape index (κ1) is 19.0. The lowest BCUT2D eigenvalue weighted by atomic mass is 9.95. The molecule has 0 spiro atoms. The molecular formula is C19H20FN3O3S. The fourth-order valence-corrected chi connectivity index (χ4v) is 3.64. The zero-order valence-corrected chi connectivity index (χ0v) is 16.2. The number of nitrogens with zero attached hydrogens (tertiary/aromatic N) is 1. The van der Waals surface area contributed by atoms with Crippen LogP contribution in [0.3, 0.4) is 0 Å². The third kappa shape index (κ3) is 3.85. The number of benzene rings is 1. The fraction of sp³-hybridized carbons (Fsp3) is 0.263. The Balaban J connectivity index is 2.44. The number of nitrogens with one attached hydrogen (secondary N) is 2. The molecule has 2 N–H and O–H groups in total. The Morgan fingerprint density at radius 2 is 1.89 bits per heavy atom. The van der Waals surface area contributed by atoms with Gasteiger partial charge in [0.25, 0.3) is 5.56 Å². The van der Waals surface area contributed by atoms with E-state index in [1.807, 2.05) is 13.8 Å². The maximum Gasteiger partial charge on any atom is 0.253 e. The van der Waals surface area contributed by atoms with Crippen LogP contribution in [0.25, 0.3) is 22.0 Å². The lowest BCUT2D eigenvalue weighted by Crippen LogP contribution is -2.16. The Morgan fingerprint density at radius 1 is 1.19 bits per heavy atom. The monoisotopic (exact) mass is 389 g/mol. The van der Waals surface area contributed by atoms with Crippen molar-refractivity contribution < 1.29 is 12.8 Å². The summed E-state index contributed by atoms with van der Waals surface area (Å²) in [6.45, 7) is 5.50. The third-order valence-corrected chi connectivity index (χ3v) is 4.83. The Hall–Kier alpha value is -2.74. The molecule has 142 valence electrons. The topological polar surface area (TPSA) is 91.9 Å². The van der Waals surface area contributed by atoms with Crippen molar-refractivity contribution in [2.24, 2.45) is 0 Å². The first-order valence-corrected chi connectivity index (χ1v) is 10.3. The van der Waals surface area contributed by atoms with Crippen molar-refractivity contribution in [1.82, 2.24) is 9.97 Å². The van der Waals surface area contributed by atoms with Crippen molar-refractivity contribution in [3.05, 3.63) is 57.8 Å². The van der Waals surface area contributed by atoms with Crippen molar-refractivity contribution in [2.45, 2.75) is 26.7 Å². The van der Waals surface area contributed by atoms with Crippen LogP contribution in [-0.4, -0.2) is 24.6 Å². The van der Waals surface area contributed by atoms with Crippen LogP contribution in [0, 0.1) is 12.7 Å². The van der Waals surface area contributed by atoms with Gasteiger partial charge in [0.05, 0.1) is 11.8 Å². The molecular weight excluding hydrogens is 369 g/mol. The highest BCUT2D eigenvalue weighted by atomic mass is 32.2. The maximum atomic E-state index is 13.6. The van der Waals surface area contributed by atoms with Crippen molar-refractivity contribution in [3.8, 4) is 11.1 Å². The SMILES string of the molecule is Cc1cc(F)ccc1-c1cc(NS(C)(=O)=O)nc2c(C(C)C)c(=O)[nH]cc12. The van der Waals surface area contributed by atoms with Crippen molar-refractivity contribution >= 4 is 26.7 Å². The van der Waals surface area contributed by atoms with Gasteiger partial charge < -0.3 is 4.98 Å². The van der Waals surface area contributed by atoms with E-state index in [0.717, 1.165) is 11.8 Å². The van der Waals surface area contributed by atoms with Crippen LogP contribution in [-0.2, 0) is 10.0 Å². The Kier molecular flexibility index (Phi) is 4.77. The van der Waals surface area contributed by atoms with E-state index < -0.39 is 10.0 Å². The number of rotatable bonds is 4. The molecule has 27 heavy (non-hydrogen) atoms. The molecule has 0 atom stereocenters. The summed E-state index contributed by atoms with van der Waals surface area (Å²) in [5, 5.41) is 0.659. The molecule has 2 aromatic heterocycles. The fourth-order valence-electron chi connectivity index (χ4n) is 3.16. The van der Waals surface area contributed by atoms with Gasteiger partial charge in [-0.2, -0.15) is 0 Å². The summed E-state index contributed by atoms with van der Waals surface area (Å²) in [6, 6.07) is 5.96. The predicted octanol–water partition coefficient (Wildman–Crippen LogP) is 3.53. The minimum absolute atomic E-state index is 0.108. The van der Waals surface area contributed by atoms with E-state index in [-0.39, 0.29) is 23.1 Å². The van der Waals surface area contributed by atoms with E-state index >= 15 is 0 Å². The molecule has 0 saturated heterocycles. The van der Waals surface area contributed by atoms with Crippen LogP contribution in [0.4, 0.5) is 10.2 Å². The average molecular weight is 389 g/mol. The number of pyridine rings is 2. The van der Waals surface area contributed by atoms with E-state index in [1.165, 1.54) is 12.1 Å². The molecule has 0 amide bonds. The van der Waals surface area contributed by atoms with Crippen LogP contribution >= 0.6 is 0 Å². The largest absolute Gasteiger partial charge is 0.328 e. The molecule has 3 rings (SSSR count). The summed E-state index contributed by atoms with van der Waals surface area (Å²) in [6.07, 6.45) is 2.59. The second-order valence-corrected chi connectivity index (χ2v) is 8.59. The van der Waals surface area contributed by atoms with Crippen LogP contribution in [0.15, 0.2) is 35.3 Å². The minimum atomic E-state index is -3.56. The first-order valence-electron chi connectivity index (χ1n) is 8.37. The number of hydrogen-bond donors (Lipinski definition) is 2. The molecule has 0 aliphatic rings. The van der Waals surface area contributed by atoms with Crippen LogP contribution in [0.5, 0.6) is 0 Å². The molecule has 0 aliphatic heterocycles. The molecule has 0 saturated carbocycles. The van der Waals surface area contributed by atoms with Crippen LogP contribution in [0.1, 0.15) is 30.9 Å². The number of aromatic nitrogens is 2. The van der Waals surface area contributed by atoms with Crippen molar-refractivity contribution in [3.63, 3.8) is 0 Å². The number of fused-ring (bicyclic) bond motifs is 1. The zero-order chi connectivity index (χ0) is 19.9. The molecule has 0 aliphatic carbocycles. The second-order valence-electron chi connectivity index (χ2n) is 6.84. The van der Waals surface area contributed by atoms with Gasteiger partial charge >= 0.3 is 0 Å². The molecule has 8 heteroatoms. The second kappa shape index (κ2) is 6.77. The summed E-state index contributed by atoms with van der Waals surface area (Å²) >= 11 is 0. The van der Waals surface area contributed by atoms with E-state index in [1.54, 1.807) is 25.3 Å². The maximum absolute atomic E-state index is 13.6. The lowest BCUT2D eigenvalue weighted by molar-refractivity contribution is 0.606. The molecule has 6 nitrogen and oxygen atoms in total. The molecule has 3 aromatic rings. The number of anilines is 1. The standard InChI is InChI=1S/C19H20FN3O3S/c1-10(2)17-18-15(9-21-19(17)24)14(8-16(22-18)23-27(4,25)26)13-6-5-12(20)7-11(13)3/h5-10H,1-4H3,(H,21,24)(H,22,23). The average Bonchev–Trinajstić information content (AvgIpc) is 2.52. The summed E-state index contributed by atoms with van der Waals surface area (Å²) in [4.78, 5) is 19.5. The third-order valence-electron chi connectivity index (χ3n) is 4.25.